The third-order valence-electron chi connectivity index (χ3n) is 4.95. The van der Waals surface area contributed by atoms with Gasteiger partial charge in [-0.05, 0) is 37.5 Å². The number of carbonyl (C=O) groups excluding carboxylic acids is 2. The number of hydrogen-bond donors (Lipinski definition) is 0. The van der Waals surface area contributed by atoms with E-state index in [0.29, 0.717) is 30.6 Å². The molecule has 0 radical (unpaired) electrons. The summed E-state index contributed by atoms with van der Waals surface area (Å²) in [6.45, 7) is 5.61. The van der Waals surface area contributed by atoms with Gasteiger partial charge in [0.05, 0.1) is 6.54 Å². The third kappa shape index (κ3) is 3.80. The average Bonchev–Trinajstić information content (AvgIpc) is 2.84. The Balaban J connectivity index is 1.88. The van der Waals surface area contributed by atoms with Crippen LogP contribution in [0.15, 0.2) is 0 Å². The van der Waals surface area contributed by atoms with Gasteiger partial charge in [-0.25, -0.2) is 0 Å². The van der Waals surface area contributed by atoms with Gasteiger partial charge >= 0.3 is 0 Å². The third-order valence-corrected chi connectivity index (χ3v) is 4.95. The predicted octanol–water partition coefficient (Wildman–Crippen LogP) is 3.03. The second-order valence-electron chi connectivity index (χ2n) is 6.59. The highest BCUT2D eigenvalue weighted by Crippen LogP contribution is 2.28. The fraction of sp³-hybridized carbons (Fsp3) is 0.875. The minimum Gasteiger partial charge on any atom is -0.335 e. The molecule has 0 bridgehead atoms. The van der Waals surface area contributed by atoms with Crippen LogP contribution in [0, 0.1) is 17.8 Å². The minimum absolute atomic E-state index is 0.189. The summed E-state index contributed by atoms with van der Waals surface area (Å²) in [5.74, 6) is 1.99. The molecule has 2 rings (SSSR count). The number of hydrogen-bond acceptors (Lipinski definition) is 2. The molecule has 0 aromatic heterocycles. The predicted molar refractivity (Wildman–Crippen MR) is 75.7 cm³/mol. The van der Waals surface area contributed by atoms with Crippen LogP contribution in [0.5, 0.6) is 0 Å². The number of amides is 1. The highest BCUT2D eigenvalue weighted by molar-refractivity contribution is 5.87. The van der Waals surface area contributed by atoms with E-state index in [1.807, 2.05) is 4.90 Å². The van der Waals surface area contributed by atoms with Crippen molar-refractivity contribution in [2.45, 2.75) is 58.8 Å². The van der Waals surface area contributed by atoms with Crippen molar-refractivity contribution in [3.63, 3.8) is 0 Å². The van der Waals surface area contributed by atoms with Crippen molar-refractivity contribution in [1.82, 2.24) is 4.90 Å². The molecule has 108 valence electrons. The Labute approximate surface area is 116 Å². The lowest BCUT2D eigenvalue weighted by Crippen LogP contribution is -2.37. The van der Waals surface area contributed by atoms with Gasteiger partial charge in [-0.2, -0.15) is 0 Å². The minimum atomic E-state index is 0.189. The van der Waals surface area contributed by atoms with E-state index >= 15 is 0 Å². The topological polar surface area (TPSA) is 37.4 Å². The summed E-state index contributed by atoms with van der Waals surface area (Å²) >= 11 is 0. The lowest BCUT2D eigenvalue weighted by atomic mass is 9.89. The van der Waals surface area contributed by atoms with Crippen LogP contribution >= 0.6 is 0 Å². The van der Waals surface area contributed by atoms with Crippen molar-refractivity contribution in [1.29, 1.82) is 0 Å². The van der Waals surface area contributed by atoms with Crippen LogP contribution in [0.25, 0.3) is 0 Å². The van der Waals surface area contributed by atoms with Crippen molar-refractivity contribution in [3.05, 3.63) is 0 Å². The Morgan fingerprint density at radius 2 is 1.89 bits per heavy atom. The van der Waals surface area contributed by atoms with E-state index in [2.05, 4.69) is 13.8 Å². The molecule has 2 fully saturated rings. The molecule has 1 unspecified atom stereocenters. The first kappa shape index (κ1) is 14.5. The quantitative estimate of drug-likeness (QED) is 0.783. The first-order chi connectivity index (χ1) is 9.08. The van der Waals surface area contributed by atoms with Gasteiger partial charge in [0.2, 0.25) is 5.91 Å². The van der Waals surface area contributed by atoms with Crippen LogP contribution in [-0.2, 0) is 9.59 Å². The molecule has 1 saturated heterocycles. The molecule has 1 aliphatic heterocycles. The molecule has 3 heteroatoms. The molecular formula is C16H27NO2. The molecular weight excluding hydrogens is 238 g/mol. The summed E-state index contributed by atoms with van der Waals surface area (Å²) in [5.41, 5.74) is 0. The molecule has 1 atom stereocenters. The smallest absolute Gasteiger partial charge is 0.222 e. The fourth-order valence-electron chi connectivity index (χ4n) is 3.46. The maximum Gasteiger partial charge on any atom is 0.222 e. The first-order valence-electron chi connectivity index (χ1n) is 7.88. The fourth-order valence-corrected chi connectivity index (χ4v) is 3.46. The van der Waals surface area contributed by atoms with E-state index in [-0.39, 0.29) is 11.8 Å². The van der Waals surface area contributed by atoms with Crippen molar-refractivity contribution < 1.29 is 9.59 Å². The second kappa shape index (κ2) is 6.53. The zero-order valence-corrected chi connectivity index (χ0v) is 12.4. The number of Topliss-reactive ketones (excluding diaryl/α,β-unsaturated/α-hetero) is 1. The normalized spacial score (nSPS) is 25.9. The van der Waals surface area contributed by atoms with Gasteiger partial charge in [0.25, 0.3) is 0 Å². The van der Waals surface area contributed by atoms with Gasteiger partial charge in [-0.1, -0.05) is 26.7 Å². The molecule has 1 saturated carbocycles. The van der Waals surface area contributed by atoms with E-state index in [0.717, 1.165) is 32.2 Å². The molecule has 0 spiro atoms. The Morgan fingerprint density at radius 1 is 1.21 bits per heavy atom. The van der Waals surface area contributed by atoms with Crippen LogP contribution < -0.4 is 0 Å². The number of nitrogens with zero attached hydrogens (tertiary/aromatic N) is 1. The molecule has 0 N–H and O–H groups in total. The molecule has 1 aliphatic carbocycles. The number of rotatable bonds is 4. The summed E-state index contributed by atoms with van der Waals surface area (Å²) in [6, 6.07) is 0. The van der Waals surface area contributed by atoms with Crippen molar-refractivity contribution in [2.75, 3.05) is 13.1 Å². The lowest BCUT2D eigenvalue weighted by molar-refractivity contribution is -0.136. The Bertz CT molecular complexity index is 332. The molecule has 1 heterocycles. The maximum absolute atomic E-state index is 12.2. The summed E-state index contributed by atoms with van der Waals surface area (Å²) in [6.07, 6.45) is 7.11. The van der Waals surface area contributed by atoms with E-state index in [4.69, 9.17) is 0 Å². The second-order valence-corrected chi connectivity index (χ2v) is 6.59. The SMILES string of the molecule is CC(C)C1CCC(=O)N(CC(=O)C2CCCC2)CC1. The zero-order chi connectivity index (χ0) is 13.8. The standard InChI is InChI=1S/C16H27NO2/c1-12(2)13-7-8-16(19)17(10-9-13)11-15(18)14-5-3-4-6-14/h12-14H,3-11H2,1-2H3. The van der Waals surface area contributed by atoms with Crippen LogP contribution in [0.1, 0.15) is 58.8 Å². The summed E-state index contributed by atoms with van der Waals surface area (Å²) in [7, 11) is 0. The molecule has 2 aliphatic rings. The lowest BCUT2D eigenvalue weighted by Gasteiger charge is -2.22. The maximum atomic E-state index is 12.2. The van der Waals surface area contributed by atoms with Crippen molar-refractivity contribution in [3.8, 4) is 0 Å². The van der Waals surface area contributed by atoms with Gasteiger partial charge in [0, 0.05) is 18.9 Å². The van der Waals surface area contributed by atoms with E-state index in [9.17, 15) is 9.59 Å². The number of ketones is 1. The van der Waals surface area contributed by atoms with Crippen molar-refractivity contribution in [2.24, 2.45) is 17.8 Å². The number of carbonyl (C=O) groups is 2. The largest absolute Gasteiger partial charge is 0.335 e. The van der Waals surface area contributed by atoms with E-state index in [1.165, 1.54) is 12.8 Å². The van der Waals surface area contributed by atoms with Gasteiger partial charge < -0.3 is 4.90 Å². The van der Waals surface area contributed by atoms with Crippen LogP contribution in [0.4, 0.5) is 0 Å². The average molecular weight is 265 g/mol. The van der Waals surface area contributed by atoms with Gasteiger partial charge in [0.1, 0.15) is 0 Å². The van der Waals surface area contributed by atoms with Crippen LogP contribution in [0.2, 0.25) is 0 Å². The highest BCUT2D eigenvalue weighted by Gasteiger charge is 2.28. The Hall–Kier alpha value is -0.860. The summed E-state index contributed by atoms with van der Waals surface area (Å²) < 4.78 is 0. The van der Waals surface area contributed by atoms with Gasteiger partial charge in [-0.3, -0.25) is 9.59 Å². The van der Waals surface area contributed by atoms with Gasteiger partial charge in [-0.15, -0.1) is 0 Å². The summed E-state index contributed by atoms with van der Waals surface area (Å²) in [4.78, 5) is 26.1. The Morgan fingerprint density at radius 3 is 2.53 bits per heavy atom. The highest BCUT2D eigenvalue weighted by atomic mass is 16.2. The van der Waals surface area contributed by atoms with Gasteiger partial charge in [0.15, 0.2) is 5.78 Å². The molecule has 1 amide bonds. The van der Waals surface area contributed by atoms with E-state index < -0.39 is 0 Å². The monoisotopic (exact) mass is 265 g/mol. The van der Waals surface area contributed by atoms with E-state index in [1.54, 1.807) is 0 Å². The first-order valence-corrected chi connectivity index (χ1v) is 7.88. The molecule has 0 aromatic carbocycles. The molecule has 3 nitrogen and oxygen atoms in total. The van der Waals surface area contributed by atoms with Crippen LogP contribution in [0.3, 0.4) is 0 Å². The molecule has 19 heavy (non-hydrogen) atoms. The molecule has 0 aromatic rings. The van der Waals surface area contributed by atoms with Crippen molar-refractivity contribution >= 4 is 11.7 Å². The summed E-state index contributed by atoms with van der Waals surface area (Å²) in [5, 5.41) is 0. The zero-order valence-electron chi connectivity index (χ0n) is 12.4. The Kier molecular flexibility index (Phi) is 5.00. The van der Waals surface area contributed by atoms with Crippen LogP contribution in [-0.4, -0.2) is 29.7 Å². The number of likely N-dealkylation sites (tertiary alicyclic amines) is 1.